The minimum Gasteiger partial charge on any atom is -0.378 e. The summed E-state index contributed by atoms with van der Waals surface area (Å²) in [5.74, 6) is -0.544. The number of aromatic nitrogens is 2. The van der Waals surface area contributed by atoms with Crippen LogP contribution in [0.15, 0.2) is 54.7 Å². The largest absolute Gasteiger partial charge is 0.378 e. The summed E-state index contributed by atoms with van der Waals surface area (Å²) in [4.78, 5) is 34.5. The number of nitrogens with two attached hydrogens (primary N) is 1. The summed E-state index contributed by atoms with van der Waals surface area (Å²) in [5, 5.41) is 1.79. The van der Waals surface area contributed by atoms with Crippen molar-refractivity contribution in [2.45, 2.75) is 0 Å². The number of carbonyl (C=O) groups excluding carboxylic acids is 2. The number of nitrogens with zero attached hydrogens (tertiary/aromatic N) is 2. The van der Waals surface area contributed by atoms with Gasteiger partial charge in [-0.1, -0.05) is 12.1 Å². The van der Waals surface area contributed by atoms with Crippen LogP contribution in [-0.2, 0) is 4.74 Å². The van der Waals surface area contributed by atoms with Gasteiger partial charge < -0.3 is 20.4 Å². The quantitative estimate of drug-likeness (QED) is 0.552. The summed E-state index contributed by atoms with van der Waals surface area (Å²) in [6, 6.07) is 14.9. The van der Waals surface area contributed by atoms with Crippen LogP contribution < -0.4 is 5.73 Å². The van der Waals surface area contributed by atoms with Gasteiger partial charge in [-0.3, -0.25) is 14.6 Å². The molecule has 1 fully saturated rings. The van der Waals surface area contributed by atoms with E-state index in [1.165, 1.54) is 0 Å². The van der Waals surface area contributed by atoms with Crippen molar-refractivity contribution in [3.05, 3.63) is 65.9 Å². The minimum absolute atomic E-state index is 0.0249. The molecule has 2 aromatic heterocycles. The summed E-state index contributed by atoms with van der Waals surface area (Å²) >= 11 is 0. The van der Waals surface area contributed by atoms with Crippen molar-refractivity contribution < 1.29 is 14.3 Å². The SMILES string of the molecule is NC(=O)c1cc(-c2ccccn2)cc2c1[nH]c1cc(C(=O)N3CCOCC3)ccc12. The summed E-state index contributed by atoms with van der Waals surface area (Å²) < 4.78 is 5.33. The summed E-state index contributed by atoms with van der Waals surface area (Å²) in [6.45, 7) is 2.28. The average molecular weight is 400 g/mol. The number of nitrogens with one attached hydrogen (secondary N) is 1. The fourth-order valence-electron chi connectivity index (χ4n) is 3.96. The van der Waals surface area contributed by atoms with Crippen LogP contribution in [-0.4, -0.2) is 53.0 Å². The van der Waals surface area contributed by atoms with Crippen LogP contribution >= 0.6 is 0 Å². The first-order chi connectivity index (χ1) is 14.6. The molecule has 3 heterocycles. The molecule has 7 heteroatoms. The minimum atomic E-state index is -0.519. The molecule has 2 amide bonds. The zero-order chi connectivity index (χ0) is 20.7. The second-order valence-corrected chi connectivity index (χ2v) is 7.32. The molecule has 2 aromatic carbocycles. The highest BCUT2D eigenvalue weighted by atomic mass is 16.5. The van der Waals surface area contributed by atoms with E-state index in [0.717, 1.165) is 27.5 Å². The van der Waals surface area contributed by atoms with Gasteiger partial charge in [0.1, 0.15) is 0 Å². The summed E-state index contributed by atoms with van der Waals surface area (Å²) in [5.41, 5.74) is 9.68. The van der Waals surface area contributed by atoms with Crippen LogP contribution in [0.3, 0.4) is 0 Å². The maximum absolute atomic E-state index is 12.8. The Balaban J connectivity index is 1.65. The number of fused-ring (bicyclic) bond motifs is 3. The number of morpholine rings is 1. The first-order valence-electron chi connectivity index (χ1n) is 9.79. The molecule has 1 aliphatic rings. The average Bonchev–Trinajstić information content (AvgIpc) is 3.16. The van der Waals surface area contributed by atoms with Gasteiger partial charge in [0.2, 0.25) is 0 Å². The van der Waals surface area contributed by atoms with Crippen LogP contribution in [0.2, 0.25) is 0 Å². The number of ether oxygens (including phenoxy) is 1. The lowest BCUT2D eigenvalue weighted by atomic mass is 10.0. The van der Waals surface area contributed by atoms with E-state index in [0.29, 0.717) is 42.9 Å². The number of H-pyrrole nitrogens is 1. The van der Waals surface area contributed by atoms with Gasteiger partial charge in [0, 0.05) is 46.7 Å². The summed E-state index contributed by atoms with van der Waals surface area (Å²) in [7, 11) is 0. The predicted octanol–water partition coefficient (Wildman–Crippen LogP) is 2.95. The van der Waals surface area contributed by atoms with E-state index in [2.05, 4.69) is 9.97 Å². The lowest BCUT2D eigenvalue weighted by Gasteiger charge is -2.26. The fourth-order valence-corrected chi connectivity index (χ4v) is 3.96. The number of rotatable bonds is 3. The van der Waals surface area contributed by atoms with E-state index in [-0.39, 0.29) is 5.91 Å². The molecule has 0 aliphatic carbocycles. The highest BCUT2D eigenvalue weighted by Gasteiger charge is 2.20. The van der Waals surface area contributed by atoms with Gasteiger partial charge in [0.05, 0.1) is 30.0 Å². The number of aromatic amines is 1. The number of carbonyl (C=O) groups is 2. The van der Waals surface area contributed by atoms with Gasteiger partial charge >= 0.3 is 0 Å². The molecule has 7 nitrogen and oxygen atoms in total. The Kier molecular flexibility index (Phi) is 4.44. The Morgan fingerprint density at radius 3 is 2.60 bits per heavy atom. The van der Waals surface area contributed by atoms with Crippen LogP contribution in [0.1, 0.15) is 20.7 Å². The second kappa shape index (κ2) is 7.27. The lowest BCUT2D eigenvalue weighted by Crippen LogP contribution is -2.40. The van der Waals surface area contributed by atoms with Crippen molar-refractivity contribution in [3.8, 4) is 11.3 Å². The van der Waals surface area contributed by atoms with E-state index in [1.54, 1.807) is 17.2 Å². The maximum Gasteiger partial charge on any atom is 0.254 e. The van der Waals surface area contributed by atoms with Crippen molar-refractivity contribution in [3.63, 3.8) is 0 Å². The Morgan fingerprint density at radius 1 is 1.03 bits per heavy atom. The third-order valence-corrected chi connectivity index (χ3v) is 5.48. The third kappa shape index (κ3) is 3.09. The molecule has 5 rings (SSSR count). The van der Waals surface area contributed by atoms with Crippen LogP contribution in [0.5, 0.6) is 0 Å². The molecule has 4 aromatic rings. The Bertz CT molecular complexity index is 1270. The first-order valence-corrected chi connectivity index (χ1v) is 9.79. The van der Waals surface area contributed by atoms with Gasteiger partial charge in [0.25, 0.3) is 11.8 Å². The predicted molar refractivity (Wildman–Crippen MR) is 114 cm³/mol. The number of benzene rings is 2. The molecule has 0 unspecified atom stereocenters. The van der Waals surface area contributed by atoms with E-state index < -0.39 is 5.91 Å². The topological polar surface area (TPSA) is 101 Å². The molecule has 30 heavy (non-hydrogen) atoms. The van der Waals surface area contributed by atoms with Crippen molar-refractivity contribution >= 4 is 33.6 Å². The Morgan fingerprint density at radius 2 is 1.87 bits per heavy atom. The highest BCUT2D eigenvalue weighted by Crippen LogP contribution is 2.32. The monoisotopic (exact) mass is 400 g/mol. The molecule has 1 saturated heterocycles. The first kappa shape index (κ1) is 18.3. The molecule has 0 radical (unpaired) electrons. The number of pyridine rings is 1. The molecule has 0 saturated carbocycles. The zero-order valence-electron chi connectivity index (χ0n) is 16.2. The Labute approximate surface area is 172 Å². The molecule has 0 atom stereocenters. The van der Waals surface area contributed by atoms with Crippen molar-refractivity contribution in [2.75, 3.05) is 26.3 Å². The molecule has 150 valence electrons. The van der Waals surface area contributed by atoms with E-state index in [1.807, 2.05) is 42.5 Å². The van der Waals surface area contributed by atoms with Crippen molar-refractivity contribution in [1.29, 1.82) is 0 Å². The van der Waals surface area contributed by atoms with Gasteiger partial charge in [0.15, 0.2) is 0 Å². The smallest absolute Gasteiger partial charge is 0.254 e. The number of amides is 2. The molecule has 0 bridgehead atoms. The van der Waals surface area contributed by atoms with Crippen molar-refractivity contribution in [2.24, 2.45) is 5.73 Å². The van der Waals surface area contributed by atoms with Gasteiger partial charge in [-0.25, -0.2) is 0 Å². The molecular formula is C23H20N4O3. The van der Waals surface area contributed by atoms with Gasteiger partial charge in [-0.15, -0.1) is 0 Å². The number of hydrogen-bond acceptors (Lipinski definition) is 4. The van der Waals surface area contributed by atoms with Crippen LogP contribution in [0, 0.1) is 0 Å². The lowest BCUT2D eigenvalue weighted by molar-refractivity contribution is 0.0303. The van der Waals surface area contributed by atoms with Gasteiger partial charge in [-0.05, 0) is 36.4 Å². The van der Waals surface area contributed by atoms with E-state index >= 15 is 0 Å². The molecule has 3 N–H and O–H groups in total. The number of primary amides is 1. The van der Waals surface area contributed by atoms with E-state index in [9.17, 15) is 9.59 Å². The van der Waals surface area contributed by atoms with Crippen LogP contribution in [0.25, 0.3) is 33.1 Å². The Hall–Kier alpha value is -3.71. The second-order valence-electron chi connectivity index (χ2n) is 7.32. The zero-order valence-corrected chi connectivity index (χ0v) is 16.2. The maximum atomic E-state index is 12.8. The highest BCUT2D eigenvalue weighted by molar-refractivity contribution is 6.16. The molecule has 1 aliphatic heterocycles. The van der Waals surface area contributed by atoms with Gasteiger partial charge in [-0.2, -0.15) is 0 Å². The number of hydrogen-bond donors (Lipinski definition) is 2. The molecule has 0 spiro atoms. The fraction of sp³-hybridized carbons (Fsp3) is 0.174. The van der Waals surface area contributed by atoms with E-state index in [4.69, 9.17) is 10.5 Å². The standard InChI is InChI=1S/C23H20N4O3/c24-22(28)18-12-15(19-3-1-2-6-25-19)11-17-16-5-4-14(13-20(16)26-21(17)18)23(29)27-7-9-30-10-8-27/h1-6,11-13,26H,7-10H2,(H2,24,28). The normalized spacial score (nSPS) is 14.3. The molecular weight excluding hydrogens is 380 g/mol. The van der Waals surface area contributed by atoms with Crippen molar-refractivity contribution in [1.82, 2.24) is 14.9 Å². The third-order valence-electron chi connectivity index (χ3n) is 5.48. The summed E-state index contributed by atoms with van der Waals surface area (Å²) in [6.07, 6.45) is 1.71. The van der Waals surface area contributed by atoms with Crippen LogP contribution in [0.4, 0.5) is 0 Å².